The Morgan fingerprint density at radius 3 is 2.39 bits per heavy atom. The summed E-state index contributed by atoms with van der Waals surface area (Å²) in [5.74, 6) is -1.59. The van der Waals surface area contributed by atoms with Gasteiger partial charge in [-0.15, -0.1) is 0 Å². The van der Waals surface area contributed by atoms with Crippen LogP contribution in [0.15, 0.2) is 47.6 Å². The van der Waals surface area contributed by atoms with E-state index < -0.39 is 17.8 Å². The van der Waals surface area contributed by atoms with Crippen LogP contribution in [-0.2, 0) is 20.9 Å². The summed E-state index contributed by atoms with van der Waals surface area (Å²) in [5, 5.41) is 3.63. The van der Waals surface area contributed by atoms with Gasteiger partial charge in [-0.25, -0.2) is 10.2 Å². The lowest BCUT2D eigenvalue weighted by Crippen LogP contribution is -2.32. The minimum absolute atomic E-state index is 0.264. The van der Waals surface area contributed by atoms with E-state index in [0.717, 1.165) is 5.56 Å². The van der Waals surface area contributed by atoms with Gasteiger partial charge in [0.15, 0.2) is 11.5 Å². The van der Waals surface area contributed by atoms with Gasteiger partial charge in [-0.3, -0.25) is 9.59 Å². The van der Waals surface area contributed by atoms with E-state index in [1.807, 2.05) is 5.43 Å². The highest BCUT2D eigenvalue weighted by atomic mass is 16.5. The van der Waals surface area contributed by atoms with Crippen LogP contribution in [0.3, 0.4) is 0 Å². The second-order valence-electron chi connectivity index (χ2n) is 5.45. The van der Waals surface area contributed by atoms with Gasteiger partial charge in [0.25, 0.3) is 0 Å². The van der Waals surface area contributed by atoms with Crippen LogP contribution in [0.1, 0.15) is 21.5 Å². The van der Waals surface area contributed by atoms with Crippen molar-refractivity contribution in [3.05, 3.63) is 59.2 Å². The molecule has 0 spiro atoms. The van der Waals surface area contributed by atoms with E-state index >= 15 is 0 Å². The Balaban J connectivity index is 2.02. The lowest BCUT2D eigenvalue weighted by molar-refractivity contribution is -0.137. The molecule has 9 nitrogen and oxygen atoms in total. The summed E-state index contributed by atoms with van der Waals surface area (Å²) >= 11 is 0. The number of primary amides is 1. The van der Waals surface area contributed by atoms with E-state index in [1.165, 1.54) is 20.4 Å². The summed E-state index contributed by atoms with van der Waals surface area (Å²) in [7, 11) is 2.81. The Hall–Kier alpha value is -3.88. The van der Waals surface area contributed by atoms with E-state index in [0.29, 0.717) is 22.6 Å². The van der Waals surface area contributed by atoms with E-state index in [2.05, 4.69) is 9.84 Å². The number of nitrogens with two attached hydrogens (primary N) is 1. The van der Waals surface area contributed by atoms with Crippen molar-refractivity contribution in [2.24, 2.45) is 10.8 Å². The molecule has 2 amide bonds. The number of carbonyl (C=O) groups is 3. The normalized spacial score (nSPS) is 10.4. The van der Waals surface area contributed by atoms with Crippen LogP contribution >= 0.6 is 0 Å². The predicted molar refractivity (Wildman–Crippen MR) is 100 cm³/mol. The molecule has 146 valence electrons. The largest absolute Gasteiger partial charge is 0.493 e. The number of hydrogen-bond donors (Lipinski definition) is 2. The fourth-order valence-corrected chi connectivity index (χ4v) is 2.12. The minimum Gasteiger partial charge on any atom is -0.493 e. The third kappa shape index (κ3) is 5.56. The van der Waals surface area contributed by atoms with Crippen molar-refractivity contribution in [1.82, 2.24) is 5.43 Å². The summed E-state index contributed by atoms with van der Waals surface area (Å²) in [6, 6.07) is 11.9. The SMILES string of the molecule is COC(=O)c1ccc(COc2ccc(/C=N\NC(=O)C(N)=O)cc2OC)cc1. The smallest absolute Gasteiger partial charge is 0.337 e. The van der Waals surface area contributed by atoms with Crippen LogP contribution in [0.25, 0.3) is 0 Å². The van der Waals surface area contributed by atoms with Gasteiger partial charge in [-0.05, 0) is 41.5 Å². The second-order valence-corrected chi connectivity index (χ2v) is 5.45. The zero-order chi connectivity index (χ0) is 20.5. The fraction of sp³-hybridized carbons (Fsp3) is 0.158. The van der Waals surface area contributed by atoms with Gasteiger partial charge < -0.3 is 19.9 Å². The molecule has 3 N–H and O–H groups in total. The van der Waals surface area contributed by atoms with E-state index in [4.69, 9.17) is 15.2 Å². The molecule has 0 aliphatic heterocycles. The molecule has 0 saturated carbocycles. The third-order valence-corrected chi connectivity index (χ3v) is 3.56. The van der Waals surface area contributed by atoms with Crippen LogP contribution in [0, 0.1) is 0 Å². The van der Waals surface area contributed by atoms with Crippen LogP contribution in [0.5, 0.6) is 11.5 Å². The molecule has 28 heavy (non-hydrogen) atoms. The summed E-state index contributed by atoms with van der Waals surface area (Å²) < 4.78 is 15.7. The highest BCUT2D eigenvalue weighted by molar-refractivity contribution is 6.34. The Morgan fingerprint density at radius 1 is 1.07 bits per heavy atom. The lowest BCUT2D eigenvalue weighted by atomic mass is 10.1. The first-order valence-corrected chi connectivity index (χ1v) is 8.05. The maximum Gasteiger partial charge on any atom is 0.337 e. The number of nitrogens with one attached hydrogen (secondary N) is 1. The summed E-state index contributed by atoms with van der Waals surface area (Å²) in [6.07, 6.45) is 1.33. The molecule has 0 unspecified atom stereocenters. The van der Waals surface area contributed by atoms with Crippen molar-refractivity contribution >= 4 is 24.0 Å². The fourth-order valence-electron chi connectivity index (χ4n) is 2.12. The van der Waals surface area contributed by atoms with Crippen molar-refractivity contribution in [1.29, 1.82) is 0 Å². The van der Waals surface area contributed by atoms with E-state index in [1.54, 1.807) is 42.5 Å². The molecule has 0 fully saturated rings. The van der Waals surface area contributed by atoms with Gasteiger partial charge >= 0.3 is 17.8 Å². The second kappa shape index (κ2) is 9.72. The van der Waals surface area contributed by atoms with Crippen LogP contribution in [0.2, 0.25) is 0 Å². The zero-order valence-corrected chi connectivity index (χ0v) is 15.3. The molecule has 0 bridgehead atoms. The first kappa shape index (κ1) is 20.4. The number of methoxy groups -OCH3 is 2. The van der Waals surface area contributed by atoms with Gasteiger partial charge in [0.2, 0.25) is 0 Å². The van der Waals surface area contributed by atoms with Crippen molar-refractivity contribution in [3.63, 3.8) is 0 Å². The number of carbonyl (C=O) groups excluding carboxylic acids is 3. The maximum absolute atomic E-state index is 11.4. The average molecular weight is 385 g/mol. The molecule has 2 aromatic rings. The van der Waals surface area contributed by atoms with Crippen LogP contribution < -0.4 is 20.6 Å². The van der Waals surface area contributed by atoms with Crippen LogP contribution in [-0.4, -0.2) is 38.2 Å². The number of benzene rings is 2. The summed E-state index contributed by atoms with van der Waals surface area (Å²) in [4.78, 5) is 33.1. The Kier molecular flexibility index (Phi) is 7.09. The summed E-state index contributed by atoms with van der Waals surface area (Å²) in [5.41, 5.74) is 8.72. The number of hydrogen-bond acceptors (Lipinski definition) is 7. The standard InChI is InChI=1S/C19H19N3O6/c1-26-16-9-13(10-21-22-18(24)17(20)23)5-8-15(16)28-11-12-3-6-14(7-4-12)19(25)27-2/h3-10H,11H2,1-2H3,(H2,20,23)(H,22,24)/b21-10-. The topological polar surface area (TPSA) is 129 Å². The van der Waals surface area contributed by atoms with E-state index in [9.17, 15) is 14.4 Å². The van der Waals surface area contributed by atoms with E-state index in [-0.39, 0.29) is 6.61 Å². The van der Waals surface area contributed by atoms with Crippen molar-refractivity contribution < 1.29 is 28.6 Å². The van der Waals surface area contributed by atoms with Gasteiger partial charge in [-0.1, -0.05) is 12.1 Å². The molecule has 9 heteroatoms. The number of rotatable bonds is 7. The monoisotopic (exact) mass is 385 g/mol. The molecule has 0 saturated heterocycles. The molecular weight excluding hydrogens is 366 g/mol. The summed E-state index contributed by atoms with van der Waals surface area (Å²) in [6.45, 7) is 0.264. The number of hydrazone groups is 1. The Bertz CT molecular complexity index is 893. The molecule has 0 radical (unpaired) electrons. The zero-order valence-electron chi connectivity index (χ0n) is 15.3. The van der Waals surface area contributed by atoms with Gasteiger partial charge in [-0.2, -0.15) is 5.10 Å². The lowest BCUT2D eigenvalue weighted by Gasteiger charge is -2.11. The van der Waals surface area contributed by atoms with Gasteiger partial charge in [0.05, 0.1) is 26.0 Å². The molecule has 0 aliphatic carbocycles. The number of ether oxygens (including phenoxy) is 3. The molecular formula is C19H19N3O6. The van der Waals surface area contributed by atoms with Crippen molar-refractivity contribution in [2.75, 3.05) is 14.2 Å². The average Bonchev–Trinajstić information content (AvgIpc) is 2.72. The number of esters is 1. The minimum atomic E-state index is -1.13. The molecule has 0 aromatic heterocycles. The van der Waals surface area contributed by atoms with Crippen LogP contribution in [0.4, 0.5) is 0 Å². The highest BCUT2D eigenvalue weighted by Crippen LogP contribution is 2.28. The highest BCUT2D eigenvalue weighted by Gasteiger charge is 2.08. The molecule has 2 aromatic carbocycles. The Labute approximate surface area is 161 Å². The number of amides is 2. The molecule has 0 heterocycles. The first-order chi connectivity index (χ1) is 13.4. The van der Waals surface area contributed by atoms with Crippen molar-refractivity contribution in [2.45, 2.75) is 6.61 Å². The first-order valence-electron chi connectivity index (χ1n) is 8.05. The molecule has 0 aliphatic rings. The van der Waals surface area contributed by atoms with Gasteiger partial charge in [0.1, 0.15) is 6.61 Å². The van der Waals surface area contributed by atoms with Crippen molar-refractivity contribution in [3.8, 4) is 11.5 Å². The maximum atomic E-state index is 11.4. The number of nitrogens with zero attached hydrogens (tertiary/aromatic N) is 1. The molecule has 0 atom stereocenters. The quantitative estimate of drug-likeness (QED) is 0.317. The third-order valence-electron chi connectivity index (χ3n) is 3.56. The van der Waals surface area contributed by atoms with Gasteiger partial charge in [0, 0.05) is 0 Å². The molecule has 2 rings (SSSR count). The Morgan fingerprint density at radius 2 is 1.79 bits per heavy atom. The predicted octanol–water partition coefficient (Wildman–Crippen LogP) is 0.996.